The van der Waals surface area contributed by atoms with Crippen LogP contribution in [0.15, 0.2) is 54.9 Å². The maximum Gasteiger partial charge on any atom is 0.272 e. The summed E-state index contributed by atoms with van der Waals surface area (Å²) in [5, 5.41) is 12.5. The molecule has 0 saturated heterocycles. The van der Waals surface area contributed by atoms with Crippen LogP contribution in [0.3, 0.4) is 0 Å². The first-order chi connectivity index (χ1) is 20.3. The quantitative estimate of drug-likeness (QED) is 0.181. The fourth-order valence-electron chi connectivity index (χ4n) is 5.38. The monoisotopic (exact) mass is 571 g/mol. The molecule has 3 aromatic heterocycles. The molecule has 42 heavy (non-hydrogen) atoms. The number of carbonyl (C=O) groups is 4. The highest BCUT2D eigenvalue weighted by Crippen LogP contribution is 2.20. The number of carbonyl (C=O) groups excluding carboxylic acids is 4. The van der Waals surface area contributed by atoms with E-state index in [1.165, 1.54) is 6.42 Å². The second kappa shape index (κ2) is 12.8. The van der Waals surface area contributed by atoms with Crippen LogP contribution in [-0.4, -0.2) is 50.3 Å². The summed E-state index contributed by atoms with van der Waals surface area (Å²) in [6.45, 7) is 0.304. The van der Waals surface area contributed by atoms with E-state index in [0.29, 0.717) is 41.4 Å². The molecule has 1 saturated carbocycles. The van der Waals surface area contributed by atoms with Crippen LogP contribution < -0.4 is 21.3 Å². The third kappa shape index (κ3) is 6.91. The lowest BCUT2D eigenvalue weighted by Crippen LogP contribution is -2.36. The maximum absolute atomic E-state index is 12.7. The van der Waals surface area contributed by atoms with Gasteiger partial charge in [0.1, 0.15) is 17.1 Å². The lowest BCUT2D eigenvalue weighted by molar-refractivity contribution is -0.116. The first kappa shape index (κ1) is 28.7. The molecule has 11 heteroatoms. The number of H-pyrrole nitrogens is 1. The van der Waals surface area contributed by atoms with Crippen molar-refractivity contribution in [2.24, 2.45) is 14.1 Å². The fourth-order valence-corrected chi connectivity index (χ4v) is 5.38. The number of anilines is 2. The average Bonchev–Trinajstić information content (AvgIpc) is 3.67. The summed E-state index contributed by atoms with van der Waals surface area (Å²) >= 11 is 0. The Bertz CT molecular complexity index is 1570. The summed E-state index contributed by atoms with van der Waals surface area (Å²) in [6, 6.07) is 12.9. The predicted octanol–water partition coefficient (Wildman–Crippen LogP) is 4.31. The molecule has 1 aliphatic carbocycles. The molecule has 5 rings (SSSR count). The van der Waals surface area contributed by atoms with Crippen LogP contribution in [0, 0.1) is 0 Å². The van der Waals surface area contributed by atoms with E-state index in [9.17, 15) is 19.2 Å². The van der Waals surface area contributed by atoms with Crippen LogP contribution in [0.5, 0.6) is 0 Å². The number of benzene rings is 1. The number of aromatic nitrogens is 3. The van der Waals surface area contributed by atoms with Crippen molar-refractivity contribution in [2.75, 3.05) is 17.2 Å². The number of para-hydroxylation sites is 1. The number of amides is 4. The molecule has 0 unspecified atom stereocenters. The first-order valence-electron chi connectivity index (χ1n) is 14.4. The standard InChI is InChI=1S/C31H37N7O4/c1-37-19-23(35-29(40)25-15-20-9-6-7-12-24(20)36-25)17-26(37)30(41)32-14-8-13-28(39)33-22-16-27(38(2)18-22)31(42)34-21-10-4-3-5-11-21/h6-7,9,12,15-19,21,36H,3-5,8,10-11,13-14H2,1-2H3,(H,32,41)(H,33,39)(H,34,42)(H,35,40). The van der Waals surface area contributed by atoms with Crippen molar-refractivity contribution in [3.63, 3.8) is 0 Å². The summed E-state index contributed by atoms with van der Waals surface area (Å²) in [4.78, 5) is 53.7. The number of nitrogens with one attached hydrogen (secondary N) is 5. The van der Waals surface area contributed by atoms with Gasteiger partial charge in [-0.3, -0.25) is 19.2 Å². The highest BCUT2D eigenvalue weighted by molar-refractivity contribution is 6.06. The van der Waals surface area contributed by atoms with E-state index >= 15 is 0 Å². The number of hydrogen-bond acceptors (Lipinski definition) is 4. The van der Waals surface area contributed by atoms with Gasteiger partial charge in [0.15, 0.2) is 0 Å². The molecule has 0 aliphatic heterocycles. The van der Waals surface area contributed by atoms with Gasteiger partial charge in [-0.2, -0.15) is 0 Å². The molecular weight excluding hydrogens is 534 g/mol. The van der Waals surface area contributed by atoms with Crippen molar-refractivity contribution >= 4 is 45.9 Å². The summed E-state index contributed by atoms with van der Waals surface area (Å²) in [7, 11) is 3.51. The van der Waals surface area contributed by atoms with Crippen molar-refractivity contribution in [3.05, 3.63) is 71.9 Å². The Morgan fingerprint density at radius 3 is 2.21 bits per heavy atom. The van der Waals surface area contributed by atoms with Crippen LogP contribution in [0.1, 0.15) is 76.4 Å². The highest BCUT2D eigenvalue weighted by atomic mass is 16.2. The lowest BCUT2D eigenvalue weighted by Gasteiger charge is -2.22. The Kier molecular flexibility index (Phi) is 8.75. The van der Waals surface area contributed by atoms with Crippen molar-refractivity contribution in [1.29, 1.82) is 0 Å². The molecule has 1 fully saturated rings. The first-order valence-corrected chi connectivity index (χ1v) is 14.4. The molecule has 1 aromatic carbocycles. The predicted molar refractivity (Wildman–Crippen MR) is 162 cm³/mol. The van der Waals surface area contributed by atoms with Gasteiger partial charge in [-0.25, -0.2) is 0 Å². The van der Waals surface area contributed by atoms with E-state index in [-0.39, 0.29) is 36.1 Å². The molecule has 1 aliphatic rings. The molecule has 0 spiro atoms. The Balaban J connectivity index is 1.06. The van der Waals surface area contributed by atoms with Crippen LogP contribution in [0.4, 0.5) is 11.4 Å². The van der Waals surface area contributed by atoms with Crippen molar-refractivity contribution in [3.8, 4) is 0 Å². The molecule has 4 amide bonds. The SMILES string of the molecule is Cn1cc(NC(=O)c2cc3ccccc3[nH]2)cc1C(=O)NCCCC(=O)Nc1cc(C(=O)NC2CCCCC2)n(C)c1. The Hall–Kier alpha value is -4.80. The van der Waals surface area contributed by atoms with Gasteiger partial charge in [-0.1, -0.05) is 37.5 Å². The molecule has 11 nitrogen and oxygen atoms in total. The Labute approximate surface area is 244 Å². The van der Waals surface area contributed by atoms with E-state index in [1.54, 1.807) is 53.8 Å². The van der Waals surface area contributed by atoms with E-state index in [0.717, 1.165) is 36.6 Å². The topological polar surface area (TPSA) is 142 Å². The van der Waals surface area contributed by atoms with Crippen molar-refractivity contribution in [2.45, 2.75) is 51.0 Å². The number of fused-ring (bicyclic) bond motifs is 1. The van der Waals surface area contributed by atoms with Crippen molar-refractivity contribution in [1.82, 2.24) is 24.8 Å². The van der Waals surface area contributed by atoms with Crippen LogP contribution in [0.25, 0.3) is 10.9 Å². The van der Waals surface area contributed by atoms with Gasteiger partial charge in [0.05, 0.1) is 11.4 Å². The maximum atomic E-state index is 12.7. The summed E-state index contributed by atoms with van der Waals surface area (Å²) in [6.07, 6.45) is 9.54. The number of hydrogen-bond donors (Lipinski definition) is 5. The minimum atomic E-state index is -0.305. The van der Waals surface area contributed by atoms with E-state index < -0.39 is 0 Å². The van der Waals surface area contributed by atoms with Crippen LogP contribution in [0.2, 0.25) is 0 Å². The zero-order valence-corrected chi connectivity index (χ0v) is 24.0. The zero-order chi connectivity index (χ0) is 29.6. The molecule has 220 valence electrons. The zero-order valence-electron chi connectivity index (χ0n) is 24.0. The minimum Gasteiger partial charge on any atom is -0.351 e. The molecule has 5 N–H and O–H groups in total. The second-order valence-corrected chi connectivity index (χ2v) is 10.9. The van der Waals surface area contributed by atoms with Crippen molar-refractivity contribution < 1.29 is 19.2 Å². The number of aromatic amines is 1. The fraction of sp³-hybridized carbons (Fsp3) is 0.355. The largest absolute Gasteiger partial charge is 0.351 e. The van der Waals surface area contributed by atoms with Gasteiger partial charge >= 0.3 is 0 Å². The van der Waals surface area contributed by atoms with Gasteiger partial charge in [-0.15, -0.1) is 0 Å². The summed E-state index contributed by atoms with van der Waals surface area (Å²) in [5.41, 5.74) is 3.25. The molecule has 0 bridgehead atoms. The van der Waals surface area contributed by atoms with E-state index in [4.69, 9.17) is 0 Å². The van der Waals surface area contributed by atoms with Crippen LogP contribution >= 0.6 is 0 Å². The molecule has 0 radical (unpaired) electrons. The van der Waals surface area contributed by atoms with Gasteiger partial charge in [0, 0.05) is 56.4 Å². The van der Waals surface area contributed by atoms with Gasteiger partial charge < -0.3 is 35.4 Å². The van der Waals surface area contributed by atoms with E-state index in [2.05, 4.69) is 26.3 Å². The third-order valence-electron chi connectivity index (χ3n) is 7.60. The molecular formula is C31H37N7O4. The number of nitrogens with zero attached hydrogens (tertiary/aromatic N) is 2. The van der Waals surface area contributed by atoms with Gasteiger partial charge in [-0.05, 0) is 43.5 Å². The van der Waals surface area contributed by atoms with Crippen LogP contribution in [-0.2, 0) is 18.9 Å². The Morgan fingerprint density at radius 1 is 0.833 bits per heavy atom. The summed E-state index contributed by atoms with van der Waals surface area (Å²) in [5.74, 6) is -0.936. The number of rotatable bonds is 10. The third-order valence-corrected chi connectivity index (χ3v) is 7.60. The van der Waals surface area contributed by atoms with Gasteiger partial charge in [0.25, 0.3) is 17.7 Å². The average molecular weight is 572 g/mol. The van der Waals surface area contributed by atoms with Gasteiger partial charge in [0.2, 0.25) is 5.91 Å². The molecule has 0 atom stereocenters. The highest BCUT2D eigenvalue weighted by Gasteiger charge is 2.20. The van der Waals surface area contributed by atoms with E-state index in [1.807, 2.05) is 24.3 Å². The normalized spacial score (nSPS) is 13.6. The lowest BCUT2D eigenvalue weighted by atomic mass is 9.95. The number of aryl methyl sites for hydroxylation is 2. The second-order valence-electron chi connectivity index (χ2n) is 10.9. The molecule has 4 aromatic rings. The minimum absolute atomic E-state index is 0.131. The Morgan fingerprint density at radius 2 is 1.50 bits per heavy atom. The molecule has 3 heterocycles. The smallest absolute Gasteiger partial charge is 0.272 e. The summed E-state index contributed by atoms with van der Waals surface area (Å²) < 4.78 is 3.35.